The quantitative estimate of drug-likeness (QED) is 0.491. The summed E-state index contributed by atoms with van der Waals surface area (Å²) < 4.78 is 0. The first-order valence-corrected chi connectivity index (χ1v) is 9.52. The number of rotatable bonds is 4. The fourth-order valence-electron chi connectivity index (χ4n) is 2.86. The van der Waals surface area contributed by atoms with Crippen molar-refractivity contribution in [1.82, 2.24) is 9.97 Å². The van der Waals surface area contributed by atoms with Gasteiger partial charge in [-0.15, -0.1) is 0 Å². The zero-order valence-corrected chi connectivity index (χ0v) is 15.6. The molecule has 27 heavy (non-hydrogen) atoms. The van der Waals surface area contributed by atoms with Gasteiger partial charge < -0.3 is 10.6 Å². The molecule has 0 unspecified atom stereocenters. The van der Waals surface area contributed by atoms with E-state index < -0.39 is 0 Å². The lowest BCUT2D eigenvalue weighted by atomic mass is 10.1. The molecule has 2 amide bonds. The van der Waals surface area contributed by atoms with Gasteiger partial charge in [0.1, 0.15) is 15.4 Å². The van der Waals surface area contributed by atoms with Crippen molar-refractivity contribution in [2.24, 2.45) is 0 Å². The summed E-state index contributed by atoms with van der Waals surface area (Å²) in [5.41, 5.74) is 4.47. The minimum absolute atomic E-state index is 0.265. The highest BCUT2D eigenvalue weighted by Crippen LogP contribution is 2.30. The molecule has 6 heteroatoms. The highest BCUT2D eigenvalue weighted by Gasteiger charge is 2.09. The molecule has 2 N–H and O–H groups in total. The van der Waals surface area contributed by atoms with Crippen LogP contribution in [0.1, 0.15) is 12.5 Å². The predicted octanol–water partition coefficient (Wildman–Crippen LogP) is 5.56. The Morgan fingerprint density at radius 3 is 2.78 bits per heavy atom. The summed E-state index contributed by atoms with van der Waals surface area (Å²) in [4.78, 5) is 22.3. The van der Waals surface area contributed by atoms with Crippen LogP contribution in [0.15, 0.2) is 66.9 Å². The van der Waals surface area contributed by atoms with Crippen LogP contribution in [0.3, 0.4) is 0 Å². The van der Waals surface area contributed by atoms with E-state index in [0.717, 1.165) is 38.6 Å². The second kappa shape index (κ2) is 7.55. The first-order valence-electron chi connectivity index (χ1n) is 8.71. The Balaban J connectivity index is 1.53. The number of aromatic nitrogens is 2. The van der Waals surface area contributed by atoms with Gasteiger partial charge in [0.2, 0.25) is 0 Å². The lowest BCUT2D eigenvalue weighted by molar-refractivity contribution is 0.262. The van der Waals surface area contributed by atoms with Crippen molar-refractivity contribution in [3.8, 4) is 10.6 Å². The van der Waals surface area contributed by atoms with Crippen LogP contribution < -0.4 is 10.6 Å². The zero-order valence-electron chi connectivity index (χ0n) is 14.8. The molecule has 0 aliphatic rings. The number of hydrogen-bond acceptors (Lipinski definition) is 4. The van der Waals surface area contributed by atoms with Crippen LogP contribution >= 0.6 is 11.3 Å². The number of para-hydroxylation sites is 1. The summed E-state index contributed by atoms with van der Waals surface area (Å²) in [7, 11) is 0. The lowest BCUT2D eigenvalue weighted by Crippen LogP contribution is -2.20. The normalized spacial score (nSPS) is 10.7. The number of nitrogens with one attached hydrogen (secondary N) is 2. The second-order valence-electron chi connectivity index (χ2n) is 6.02. The second-order valence-corrected chi connectivity index (χ2v) is 6.99. The maximum Gasteiger partial charge on any atom is 0.323 e. The van der Waals surface area contributed by atoms with Gasteiger partial charge in [0, 0.05) is 23.1 Å². The van der Waals surface area contributed by atoms with Crippen LogP contribution in [0.5, 0.6) is 0 Å². The van der Waals surface area contributed by atoms with Crippen LogP contribution in [0.4, 0.5) is 16.2 Å². The van der Waals surface area contributed by atoms with Crippen molar-refractivity contribution >= 4 is 39.1 Å². The Kier molecular flexibility index (Phi) is 4.80. The SMILES string of the molecule is CCc1ccccc1NC(=O)Nc1cccc(-c2nc3cccnc3s2)c1. The van der Waals surface area contributed by atoms with Gasteiger partial charge in [0.15, 0.2) is 0 Å². The van der Waals surface area contributed by atoms with E-state index in [1.807, 2.05) is 60.7 Å². The van der Waals surface area contributed by atoms with Crippen molar-refractivity contribution in [1.29, 1.82) is 0 Å². The summed E-state index contributed by atoms with van der Waals surface area (Å²) in [6, 6.07) is 19.0. The van der Waals surface area contributed by atoms with E-state index in [-0.39, 0.29) is 6.03 Å². The number of nitrogens with zero attached hydrogens (tertiary/aromatic N) is 2. The molecule has 0 radical (unpaired) electrons. The number of anilines is 2. The van der Waals surface area contributed by atoms with Crippen molar-refractivity contribution in [3.05, 3.63) is 72.4 Å². The molecule has 0 atom stereocenters. The van der Waals surface area contributed by atoms with Crippen molar-refractivity contribution < 1.29 is 4.79 Å². The molecule has 0 fully saturated rings. The van der Waals surface area contributed by atoms with Gasteiger partial charge >= 0.3 is 6.03 Å². The van der Waals surface area contributed by atoms with E-state index in [9.17, 15) is 4.79 Å². The maximum atomic E-state index is 12.4. The molecule has 2 aromatic carbocycles. The number of fused-ring (bicyclic) bond motifs is 1. The molecular weight excluding hydrogens is 356 g/mol. The summed E-state index contributed by atoms with van der Waals surface area (Å²) in [6.45, 7) is 2.06. The summed E-state index contributed by atoms with van der Waals surface area (Å²) in [5.74, 6) is 0. The van der Waals surface area contributed by atoms with E-state index in [1.165, 1.54) is 11.3 Å². The number of thiazole rings is 1. The topological polar surface area (TPSA) is 66.9 Å². The monoisotopic (exact) mass is 374 g/mol. The number of aryl methyl sites for hydroxylation is 1. The molecule has 0 spiro atoms. The molecule has 4 aromatic rings. The van der Waals surface area contributed by atoms with Gasteiger partial charge in [-0.1, -0.05) is 48.6 Å². The van der Waals surface area contributed by atoms with E-state index in [1.54, 1.807) is 6.20 Å². The van der Waals surface area contributed by atoms with Crippen LogP contribution in [0, 0.1) is 0 Å². The van der Waals surface area contributed by atoms with Gasteiger partial charge in [-0.05, 0) is 42.3 Å². The van der Waals surface area contributed by atoms with Gasteiger partial charge in [-0.25, -0.2) is 14.8 Å². The van der Waals surface area contributed by atoms with Crippen LogP contribution in [-0.4, -0.2) is 16.0 Å². The molecule has 2 aromatic heterocycles. The predicted molar refractivity (Wildman–Crippen MR) is 111 cm³/mol. The largest absolute Gasteiger partial charge is 0.323 e. The molecule has 5 nitrogen and oxygen atoms in total. The Labute approximate surface area is 161 Å². The third-order valence-corrected chi connectivity index (χ3v) is 5.21. The molecule has 0 saturated carbocycles. The van der Waals surface area contributed by atoms with E-state index in [2.05, 4.69) is 27.5 Å². The van der Waals surface area contributed by atoms with E-state index in [4.69, 9.17) is 0 Å². The number of carbonyl (C=O) groups excluding carboxylic acids is 1. The van der Waals surface area contributed by atoms with Gasteiger partial charge in [0.25, 0.3) is 0 Å². The first-order chi connectivity index (χ1) is 13.2. The number of benzene rings is 2. The van der Waals surface area contributed by atoms with E-state index >= 15 is 0 Å². The molecule has 2 heterocycles. The molecule has 134 valence electrons. The third kappa shape index (κ3) is 3.80. The van der Waals surface area contributed by atoms with Crippen molar-refractivity contribution in [3.63, 3.8) is 0 Å². The molecule has 0 aliphatic carbocycles. The first kappa shape index (κ1) is 17.2. The van der Waals surface area contributed by atoms with Crippen LogP contribution in [0.2, 0.25) is 0 Å². The molecule has 0 saturated heterocycles. The Morgan fingerprint density at radius 2 is 1.93 bits per heavy atom. The minimum Gasteiger partial charge on any atom is -0.308 e. The van der Waals surface area contributed by atoms with Gasteiger partial charge in [-0.2, -0.15) is 0 Å². The number of amides is 2. The van der Waals surface area contributed by atoms with Crippen LogP contribution in [-0.2, 0) is 6.42 Å². The fraction of sp³-hybridized carbons (Fsp3) is 0.0952. The highest BCUT2D eigenvalue weighted by atomic mass is 32.1. The molecule has 4 rings (SSSR count). The lowest BCUT2D eigenvalue weighted by Gasteiger charge is -2.11. The molecular formula is C21H18N4OS. The standard InChI is InChI=1S/C21H18N4OS/c1-2-14-7-3-4-10-17(14)25-21(26)23-16-9-5-8-15(13-16)19-24-18-11-6-12-22-20(18)27-19/h3-13H,2H2,1H3,(H2,23,25,26). The zero-order chi connectivity index (χ0) is 18.6. The Bertz CT molecular complexity index is 1070. The number of urea groups is 1. The third-order valence-electron chi connectivity index (χ3n) is 4.18. The summed E-state index contributed by atoms with van der Waals surface area (Å²) >= 11 is 1.53. The Hall–Kier alpha value is -3.25. The van der Waals surface area contributed by atoms with E-state index in [0.29, 0.717) is 5.69 Å². The minimum atomic E-state index is -0.265. The fourth-order valence-corrected chi connectivity index (χ4v) is 3.76. The molecule has 0 aliphatic heterocycles. The Morgan fingerprint density at radius 1 is 1.04 bits per heavy atom. The average molecular weight is 374 g/mol. The van der Waals surface area contributed by atoms with Crippen LogP contribution in [0.25, 0.3) is 20.9 Å². The smallest absolute Gasteiger partial charge is 0.308 e. The highest BCUT2D eigenvalue weighted by molar-refractivity contribution is 7.21. The number of pyridine rings is 1. The van der Waals surface area contributed by atoms with Crippen molar-refractivity contribution in [2.75, 3.05) is 10.6 Å². The van der Waals surface area contributed by atoms with Gasteiger partial charge in [-0.3, -0.25) is 0 Å². The van der Waals surface area contributed by atoms with Gasteiger partial charge in [0.05, 0.1) is 0 Å². The summed E-state index contributed by atoms with van der Waals surface area (Å²) in [6.07, 6.45) is 2.62. The average Bonchev–Trinajstić information content (AvgIpc) is 3.13. The number of hydrogen-bond donors (Lipinski definition) is 2. The maximum absolute atomic E-state index is 12.4. The summed E-state index contributed by atoms with van der Waals surface area (Å²) in [5, 5.41) is 6.69. The van der Waals surface area contributed by atoms with Crippen molar-refractivity contribution in [2.45, 2.75) is 13.3 Å². The number of carbonyl (C=O) groups is 1. The molecule has 0 bridgehead atoms.